The number of hydrogen-bond acceptors (Lipinski definition) is 3. The number of nitrogens with one attached hydrogen (secondary N) is 1. The van der Waals surface area contributed by atoms with Gasteiger partial charge in [0.15, 0.2) is 0 Å². The molecule has 90 valence electrons. The highest BCUT2D eigenvalue weighted by Crippen LogP contribution is 2.46. The molecule has 3 N–H and O–H groups in total. The predicted molar refractivity (Wildman–Crippen MR) is 64.5 cm³/mol. The van der Waals surface area contributed by atoms with Crippen molar-refractivity contribution in [1.82, 2.24) is 5.43 Å². The molecule has 2 unspecified atom stereocenters. The van der Waals surface area contributed by atoms with Gasteiger partial charge in [-0.2, -0.15) is 0 Å². The van der Waals surface area contributed by atoms with Crippen molar-refractivity contribution in [3.63, 3.8) is 0 Å². The van der Waals surface area contributed by atoms with Gasteiger partial charge in [-0.05, 0) is 30.2 Å². The first-order valence-corrected chi connectivity index (χ1v) is 6.13. The van der Waals surface area contributed by atoms with E-state index in [4.69, 9.17) is 10.3 Å². The zero-order valence-corrected chi connectivity index (χ0v) is 10.2. The quantitative estimate of drug-likeness (QED) is 0.610. The van der Waals surface area contributed by atoms with Gasteiger partial charge in [0.05, 0.1) is 18.6 Å². The highest BCUT2D eigenvalue weighted by molar-refractivity contribution is 5.14. The summed E-state index contributed by atoms with van der Waals surface area (Å²) < 4.78 is 5.16. The first kappa shape index (κ1) is 11.7. The van der Waals surface area contributed by atoms with Crippen LogP contribution in [0.15, 0.2) is 23.0 Å². The van der Waals surface area contributed by atoms with Gasteiger partial charge in [0, 0.05) is 5.56 Å². The SMILES string of the molecule is CC1(C)CCCCC1C(NN)c1ccoc1. The molecule has 0 aliphatic heterocycles. The molecule has 16 heavy (non-hydrogen) atoms. The third-order valence-corrected chi connectivity index (χ3v) is 4.07. The van der Waals surface area contributed by atoms with Crippen LogP contribution < -0.4 is 11.3 Å². The van der Waals surface area contributed by atoms with Crippen molar-refractivity contribution >= 4 is 0 Å². The van der Waals surface area contributed by atoms with E-state index in [0.717, 1.165) is 0 Å². The summed E-state index contributed by atoms with van der Waals surface area (Å²) in [4.78, 5) is 0. The highest BCUT2D eigenvalue weighted by atomic mass is 16.3. The molecule has 0 radical (unpaired) electrons. The lowest BCUT2D eigenvalue weighted by atomic mass is 9.65. The summed E-state index contributed by atoms with van der Waals surface area (Å²) in [6, 6.07) is 2.23. The van der Waals surface area contributed by atoms with Crippen LogP contribution in [0.4, 0.5) is 0 Å². The van der Waals surface area contributed by atoms with E-state index in [2.05, 4.69) is 19.3 Å². The molecule has 0 amide bonds. The van der Waals surface area contributed by atoms with Crippen molar-refractivity contribution in [2.75, 3.05) is 0 Å². The third-order valence-electron chi connectivity index (χ3n) is 4.07. The Kier molecular flexibility index (Phi) is 3.36. The zero-order chi connectivity index (χ0) is 11.6. The lowest BCUT2D eigenvalue weighted by Gasteiger charge is -2.42. The summed E-state index contributed by atoms with van der Waals surface area (Å²) in [5, 5.41) is 0. The van der Waals surface area contributed by atoms with Crippen molar-refractivity contribution in [3.8, 4) is 0 Å². The van der Waals surface area contributed by atoms with E-state index < -0.39 is 0 Å². The molecule has 1 aromatic rings. The van der Waals surface area contributed by atoms with Crippen molar-refractivity contribution in [2.45, 2.75) is 45.6 Å². The summed E-state index contributed by atoms with van der Waals surface area (Å²) in [6.07, 6.45) is 8.70. The molecule has 1 saturated carbocycles. The molecule has 2 rings (SSSR count). The second kappa shape index (κ2) is 4.60. The van der Waals surface area contributed by atoms with Gasteiger partial charge in [0.1, 0.15) is 0 Å². The van der Waals surface area contributed by atoms with E-state index in [9.17, 15) is 0 Å². The maximum Gasteiger partial charge on any atom is 0.0950 e. The summed E-state index contributed by atoms with van der Waals surface area (Å²) in [7, 11) is 0. The molecule has 0 saturated heterocycles. The van der Waals surface area contributed by atoms with Gasteiger partial charge in [-0.3, -0.25) is 11.3 Å². The van der Waals surface area contributed by atoms with Gasteiger partial charge in [-0.25, -0.2) is 0 Å². The lowest BCUT2D eigenvalue weighted by molar-refractivity contribution is 0.0980. The Hall–Kier alpha value is -0.800. The second-order valence-electron chi connectivity index (χ2n) is 5.54. The fourth-order valence-corrected chi connectivity index (χ4v) is 3.04. The van der Waals surface area contributed by atoms with Crippen molar-refractivity contribution in [2.24, 2.45) is 17.2 Å². The second-order valence-corrected chi connectivity index (χ2v) is 5.54. The normalized spacial score (nSPS) is 26.6. The van der Waals surface area contributed by atoms with Crippen LogP contribution in [0.3, 0.4) is 0 Å². The largest absolute Gasteiger partial charge is 0.472 e. The van der Waals surface area contributed by atoms with Crippen molar-refractivity contribution < 1.29 is 4.42 Å². The maximum atomic E-state index is 5.72. The molecule has 1 aromatic heterocycles. The molecule has 1 aliphatic carbocycles. The smallest absolute Gasteiger partial charge is 0.0950 e. The Bertz CT molecular complexity index is 319. The molecule has 3 heteroatoms. The van der Waals surface area contributed by atoms with Crippen molar-refractivity contribution in [3.05, 3.63) is 24.2 Å². The number of rotatable bonds is 3. The molecular weight excluding hydrogens is 200 g/mol. The van der Waals surface area contributed by atoms with Gasteiger partial charge in [-0.1, -0.05) is 26.7 Å². The van der Waals surface area contributed by atoms with Crippen LogP contribution in [-0.2, 0) is 0 Å². The first-order chi connectivity index (χ1) is 7.65. The van der Waals surface area contributed by atoms with Crippen LogP contribution in [0.25, 0.3) is 0 Å². The van der Waals surface area contributed by atoms with Crippen LogP contribution in [0.5, 0.6) is 0 Å². The molecule has 0 aromatic carbocycles. The summed E-state index contributed by atoms with van der Waals surface area (Å²) in [5.74, 6) is 6.31. The average Bonchev–Trinajstić information content (AvgIpc) is 2.75. The number of hydrazine groups is 1. The molecular formula is C13H22N2O. The van der Waals surface area contributed by atoms with E-state index in [-0.39, 0.29) is 6.04 Å². The molecule has 0 spiro atoms. The van der Waals surface area contributed by atoms with E-state index in [0.29, 0.717) is 11.3 Å². The van der Waals surface area contributed by atoms with E-state index in [1.165, 1.54) is 31.2 Å². The monoisotopic (exact) mass is 222 g/mol. The minimum absolute atomic E-state index is 0.217. The Morgan fingerprint density at radius 2 is 2.31 bits per heavy atom. The maximum absolute atomic E-state index is 5.72. The minimum Gasteiger partial charge on any atom is -0.472 e. The van der Waals surface area contributed by atoms with Crippen LogP contribution in [0.2, 0.25) is 0 Å². The number of furan rings is 1. The molecule has 1 fully saturated rings. The Labute approximate surface area is 97.4 Å². The van der Waals surface area contributed by atoms with Crippen LogP contribution in [0, 0.1) is 11.3 Å². The summed E-state index contributed by atoms with van der Waals surface area (Å²) >= 11 is 0. The Balaban J connectivity index is 2.20. The Morgan fingerprint density at radius 3 is 2.88 bits per heavy atom. The zero-order valence-electron chi connectivity index (χ0n) is 10.2. The van der Waals surface area contributed by atoms with Crippen molar-refractivity contribution in [1.29, 1.82) is 0 Å². The standard InChI is InChI=1S/C13H22N2O/c1-13(2)7-4-3-5-11(13)12(15-14)10-6-8-16-9-10/h6,8-9,11-12,15H,3-5,7,14H2,1-2H3. The van der Waals surface area contributed by atoms with E-state index in [1.54, 1.807) is 12.5 Å². The van der Waals surface area contributed by atoms with Crippen LogP contribution in [-0.4, -0.2) is 0 Å². The minimum atomic E-state index is 0.217. The van der Waals surface area contributed by atoms with Crippen LogP contribution in [0.1, 0.15) is 51.1 Å². The van der Waals surface area contributed by atoms with Gasteiger partial charge < -0.3 is 4.42 Å². The topological polar surface area (TPSA) is 51.2 Å². The summed E-state index contributed by atoms with van der Waals surface area (Å²) in [6.45, 7) is 4.70. The first-order valence-electron chi connectivity index (χ1n) is 6.13. The lowest BCUT2D eigenvalue weighted by Crippen LogP contribution is -2.41. The van der Waals surface area contributed by atoms with E-state index >= 15 is 0 Å². The Morgan fingerprint density at radius 1 is 1.50 bits per heavy atom. The average molecular weight is 222 g/mol. The summed E-state index contributed by atoms with van der Waals surface area (Å²) in [5.41, 5.74) is 4.49. The van der Waals surface area contributed by atoms with E-state index in [1.807, 2.05) is 6.07 Å². The van der Waals surface area contributed by atoms with Gasteiger partial charge in [-0.15, -0.1) is 0 Å². The molecule has 0 bridgehead atoms. The van der Waals surface area contributed by atoms with Gasteiger partial charge >= 0.3 is 0 Å². The molecule has 2 atom stereocenters. The number of hydrogen-bond donors (Lipinski definition) is 2. The third kappa shape index (κ3) is 2.15. The van der Waals surface area contributed by atoms with Gasteiger partial charge in [0.2, 0.25) is 0 Å². The molecule has 1 heterocycles. The van der Waals surface area contributed by atoms with Gasteiger partial charge in [0.25, 0.3) is 0 Å². The predicted octanol–water partition coefficient (Wildman–Crippen LogP) is 3.00. The number of nitrogens with two attached hydrogens (primary N) is 1. The fourth-order valence-electron chi connectivity index (χ4n) is 3.04. The molecule has 3 nitrogen and oxygen atoms in total. The molecule has 1 aliphatic rings. The van der Waals surface area contributed by atoms with Crippen LogP contribution >= 0.6 is 0 Å². The highest BCUT2D eigenvalue weighted by Gasteiger charge is 2.38. The fraction of sp³-hybridized carbons (Fsp3) is 0.692.